The number of aliphatic carboxylic acids is 1. The lowest BCUT2D eigenvalue weighted by Crippen LogP contribution is -2.34. The smallest absolute Gasteiger partial charge is 0.480 e. The average molecular weight is 461 g/mol. The Morgan fingerprint density at radius 1 is 0.903 bits per heavy atom. The average Bonchev–Trinajstić information content (AvgIpc) is 2.74. The Bertz CT molecular complexity index is 1190. The fourth-order valence-corrected chi connectivity index (χ4v) is 4.10. The van der Waals surface area contributed by atoms with Crippen LogP contribution in [0.15, 0.2) is 42.5 Å². The van der Waals surface area contributed by atoms with Gasteiger partial charge in [-0.2, -0.15) is 13.9 Å². The molecule has 0 spiro atoms. The van der Waals surface area contributed by atoms with E-state index in [2.05, 4.69) is 4.52 Å². The van der Waals surface area contributed by atoms with E-state index in [0.29, 0.717) is 10.8 Å². The van der Waals surface area contributed by atoms with Crippen molar-refractivity contribution in [1.29, 1.82) is 0 Å². The molecule has 31 heavy (non-hydrogen) atoms. The third kappa shape index (κ3) is 4.47. The highest BCUT2D eigenvalue weighted by molar-refractivity contribution is 7.52. The van der Waals surface area contributed by atoms with Gasteiger partial charge in [0.2, 0.25) is 34.8 Å². The standard InChI is InChI=1S/C19H13F5NO5P/c1-9(19(26)27)25-31(28,29-12-8-4-6-10-5-2-3-7-11(10)12)30-18-16(23)14(21)13(20)15(22)17(18)24/h2-9H,1H3,(H,25,28)(H,26,27)/t9-,31+/m0/s1. The van der Waals surface area contributed by atoms with Crippen LogP contribution < -0.4 is 14.1 Å². The van der Waals surface area contributed by atoms with Gasteiger partial charge in [0.25, 0.3) is 0 Å². The summed E-state index contributed by atoms with van der Waals surface area (Å²) in [6.45, 7) is 1.00. The molecule has 0 radical (unpaired) electrons. The van der Waals surface area contributed by atoms with E-state index in [0.717, 1.165) is 6.92 Å². The van der Waals surface area contributed by atoms with Crippen molar-refractivity contribution in [3.8, 4) is 11.5 Å². The third-order valence-electron chi connectivity index (χ3n) is 4.07. The van der Waals surface area contributed by atoms with Crippen molar-refractivity contribution in [3.63, 3.8) is 0 Å². The van der Waals surface area contributed by atoms with Gasteiger partial charge in [-0.3, -0.25) is 4.79 Å². The summed E-state index contributed by atoms with van der Waals surface area (Å²) in [6, 6.07) is 9.25. The molecule has 3 aromatic carbocycles. The van der Waals surface area contributed by atoms with Gasteiger partial charge in [-0.25, -0.2) is 17.7 Å². The van der Waals surface area contributed by atoms with Crippen LogP contribution in [-0.4, -0.2) is 17.1 Å². The Morgan fingerprint density at radius 2 is 1.45 bits per heavy atom. The van der Waals surface area contributed by atoms with Gasteiger partial charge in [-0.15, -0.1) is 0 Å². The van der Waals surface area contributed by atoms with Gasteiger partial charge in [-0.05, 0) is 18.4 Å². The lowest BCUT2D eigenvalue weighted by atomic mass is 10.1. The van der Waals surface area contributed by atoms with E-state index >= 15 is 0 Å². The van der Waals surface area contributed by atoms with E-state index in [1.54, 1.807) is 24.3 Å². The Balaban J connectivity index is 2.11. The SMILES string of the molecule is C[C@H](N[P@](=O)(Oc1c(F)c(F)c(F)c(F)c1F)Oc1cccc2ccccc12)C(=O)O. The molecule has 3 aromatic rings. The van der Waals surface area contributed by atoms with Crippen molar-refractivity contribution in [2.45, 2.75) is 13.0 Å². The fourth-order valence-electron chi connectivity index (χ4n) is 2.55. The number of fused-ring (bicyclic) bond motifs is 1. The van der Waals surface area contributed by atoms with Crippen LogP contribution in [0.5, 0.6) is 11.5 Å². The Labute approximate surface area is 171 Å². The monoisotopic (exact) mass is 461 g/mol. The summed E-state index contributed by atoms with van der Waals surface area (Å²) in [4.78, 5) is 11.2. The second-order valence-electron chi connectivity index (χ2n) is 6.25. The summed E-state index contributed by atoms with van der Waals surface area (Å²) in [5.41, 5.74) is 0. The summed E-state index contributed by atoms with van der Waals surface area (Å²) in [6.07, 6.45) is 0. The van der Waals surface area contributed by atoms with E-state index < -0.39 is 54.6 Å². The molecule has 0 heterocycles. The number of hydrogen-bond donors (Lipinski definition) is 2. The van der Waals surface area contributed by atoms with Crippen LogP contribution in [0.25, 0.3) is 10.8 Å². The zero-order valence-corrected chi connectivity index (χ0v) is 16.4. The zero-order valence-electron chi connectivity index (χ0n) is 15.5. The van der Waals surface area contributed by atoms with Gasteiger partial charge in [0.15, 0.2) is 0 Å². The molecule has 12 heteroatoms. The van der Waals surface area contributed by atoms with Crippen LogP contribution in [0.1, 0.15) is 6.92 Å². The van der Waals surface area contributed by atoms with Gasteiger partial charge in [0.05, 0.1) is 0 Å². The molecule has 0 bridgehead atoms. The molecule has 0 aliphatic carbocycles. The van der Waals surface area contributed by atoms with Crippen LogP contribution in [0.4, 0.5) is 22.0 Å². The van der Waals surface area contributed by atoms with E-state index in [4.69, 9.17) is 9.63 Å². The number of rotatable bonds is 7. The van der Waals surface area contributed by atoms with Crippen LogP contribution in [0.2, 0.25) is 0 Å². The first kappa shape index (κ1) is 22.5. The van der Waals surface area contributed by atoms with Gasteiger partial charge in [0, 0.05) is 5.39 Å². The van der Waals surface area contributed by atoms with Gasteiger partial charge in [-0.1, -0.05) is 36.4 Å². The molecule has 164 valence electrons. The Hall–Kier alpha value is -3.17. The largest absolute Gasteiger partial charge is 0.513 e. The molecule has 0 unspecified atom stereocenters. The first-order valence-electron chi connectivity index (χ1n) is 8.53. The van der Waals surface area contributed by atoms with E-state index in [-0.39, 0.29) is 5.75 Å². The highest BCUT2D eigenvalue weighted by Gasteiger charge is 2.38. The highest BCUT2D eigenvalue weighted by Crippen LogP contribution is 2.48. The molecule has 2 N–H and O–H groups in total. The van der Waals surface area contributed by atoms with E-state index in [1.165, 1.54) is 18.2 Å². The molecule has 3 rings (SSSR count). The maximum atomic E-state index is 14.1. The lowest BCUT2D eigenvalue weighted by molar-refractivity contribution is -0.138. The van der Waals surface area contributed by atoms with Crippen LogP contribution in [0, 0.1) is 29.1 Å². The van der Waals surface area contributed by atoms with Crippen LogP contribution in [-0.2, 0) is 9.36 Å². The quantitative estimate of drug-likeness (QED) is 0.219. The Morgan fingerprint density at radius 3 is 2.06 bits per heavy atom. The number of halogens is 5. The molecule has 0 amide bonds. The molecule has 0 saturated heterocycles. The van der Waals surface area contributed by atoms with Gasteiger partial charge < -0.3 is 14.2 Å². The second-order valence-corrected chi connectivity index (χ2v) is 7.86. The number of benzene rings is 3. The van der Waals surface area contributed by atoms with Crippen molar-refractivity contribution in [1.82, 2.24) is 5.09 Å². The Kier molecular flexibility index (Phi) is 6.19. The highest BCUT2D eigenvalue weighted by atomic mass is 31.2. The summed E-state index contributed by atoms with van der Waals surface area (Å²) in [5, 5.41) is 11.9. The van der Waals surface area contributed by atoms with Crippen molar-refractivity contribution in [2.75, 3.05) is 0 Å². The van der Waals surface area contributed by atoms with Crippen molar-refractivity contribution in [3.05, 3.63) is 71.6 Å². The first-order valence-corrected chi connectivity index (χ1v) is 10.1. The number of nitrogens with one attached hydrogen (secondary N) is 1. The maximum absolute atomic E-state index is 14.1. The van der Waals surface area contributed by atoms with Crippen LogP contribution >= 0.6 is 7.75 Å². The predicted octanol–water partition coefficient (Wildman–Crippen LogP) is 5.16. The lowest BCUT2D eigenvalue weighted by Gasteiger charge is -2.23. The fraction of sp³-hybridized carbons (Fsp3) is 0.105. The van der Waals surface area contributed by atoms with Crippen molar-refractivity contribution >= 4 is 24.5 Å². The first-order chi connectivity index (χ1) is 14.5. The summed E-state index contributed by atoms with van der Waals surface area (Å²) >= 11 is 0. The number of carbonyl (C=O) groups is 1. The summed E-state index contributed by atoms with van der Waals surface area (Å²) in [7, 11) is -5.05. The molecule has 0 aliphatic rings. The molecular formula is C19H13F5NO5P. The van der Waals surface area contributed by atoms with E-state index in [1.807, 2.05) is 5.09 Å². The molecule has 0 aromatic heterocycles. The maximum Gasteiger partial charge on any atom is 0.513 e. The zero-order chi connectivity index (χ0) is 22.9. The normalized spacial score (nSPS) is 14.1. The summed E-state index contributed by atoms with van der Waals surface area (Å²) < 4.78 is 91.5. The molecule has 2 atom stereocenters. The predicted molar refractivity (Wildman–Crippen MR) is 99.3 cm³/mol. The van der Waals surface area contributed by atoms with Gasteiger partial charge >= 0.3 is 13.7 Å². The molecule has 0 saturated carbocycles. The molecule has 6 nitrogen and oxygen atoms in total. The molecular weight excluding hydrogens is 448 g/mol. The second kappa shape index (κ2) is 8.52. The molecule has 0 aliphatic heterocycles. The minimum atomic E-state index is -5.05. The number of carboxylic acids is 1. The van der Waals surface area contributed by atoms with Gasteiger partial charge in [0.1, 0.15) is 11.8 Å². The minimum Gasteiger partial charge on any atom is -0.480 e. The van der Waals surface area contributed by atoms with Crippen molar-refractivity contribution in [2.24, 2.45) is 0 Å². The van der Waals surface area contributed by atoms with Crippen LogP contribution in [0.3, 0.4) is 0 Å². The minimum absolute atomic E-state index is 0.157. The summed E-state index contributed by atoms with van der Waals surface area (Å²) in [5.74, 6) is -15.5. The topological polar surface area (TPSA) is 84.9 Å². The number of hydrogen-bond acceptors (Lipinski definition) is 4. The third-order valence-corrected chi connectivity index (χ3v) is 5.63. The van der Waals surface area contributed by atoms with E-state index in [9.17, 15) is 31.3 Å². The van der Waals surface area contributed by atoms with Crippen molar-refractivity contribution < 1.29 is 45.5 Å². The number of carboxylic acid groups (broad SMARTS) is 1. The molecule has 0 fully saturated rings.